The van der Waals surface area contributed by atoms with Crippen LogP contribution in [0.25, 0.3) is 0 Å². The third-order valence-electron chi connectivity index (χ3n) is 5.08. The van der Waals surface area contributed by atoms with E-state index in [-0.39, 0.29) is 5.91 Å². The Hall–Kier alpha value is -1.63. The summed E-state index contributed by atoms with van der Waals surface area (Å²) in [7, 11) is 1.63. The zero-order chi connectivity index (χ0) is 17.5. The van der Waals surface area contributed by atoms with Crippen molar-refractivity contribution in [2.75, 3.05) is 53.2 Å². The van der Waals surface area contributed by atoms with Crippen molar-refractivity contribution in [1.29, 1.82) is 0 Å². The van der Waals surface area contributed by atoms with Crippen molar-refractivity contribution in [3.8, 4) is 5.75 Å². The van der Waals surface area contributed by atoms with E-state index in [1.807, 2.05) is 24.3 Å². The zero-order valence-corrected chi connectivity index (χ0v) is 14.9. The largest absolute Gasteiger partial charge is 0.496 e. The lowest BCUT2D eigenvalue weighted by molar-refractivity contribution is -0.121. The number of morpholine rings is 1. The van der Waals surface area contributed by atoms with Gasteiger partial charge in [-0.25, -0.2) is 0 Å². The van der Waals surface area contributed by atoms with Crippen molar-refractivity contribution in [1.82, 2.24) is 10.2 Å². The lowest BCUT2D eigenvalue weighted by Gasteiger charge is -2.37. The molecule has 0 saturated carbocycles. The van der Waals surface area contributed by atoms with Gasteiger partial charge >= 0.3 is 0 Å². The molecule has 3 rings (SSSR count). The Morgan fingerprint density at radius 2 is 2.08 bits per heavy atom. The Balaban J connectivity index is 1.57. The van der Waals surface area contributed by atoms with Gasteiger partial charge in [-0.1, -0.05) is 18.2 Å². The van der Waals surface area contributed by atoms with Crippen LogP contribution in [0.15, 0.2) is 24.3 Å². The number of nitrogens with one attached hydrogen (secondary N) is 1. The molecule has 6 nitrogen and oxygen atoms in total. The fraction of sp³-hybridized carbons (Fsp3) is 0.632. The number of amides is 1. The van der Waals surface area contributed by atoms with Crippen LogP contribution in [0.5, 0.6) is 5.75 Å². The normalized spacial score (nSPS) is 22.5. The number of methoxy groups -OCH3 is 1. The molecular weight excluding hydrogens is 320 g/mol. The summed E-state index contributed by atoms with van der Waals surface area (Å²) in [6.45, 7) is 5.62. The molecule has 1 aromatic rings. The van der Waals surface area contributed by atoms with E-state index >= 15 is 0 Å². The van der Waals surface area contributed by atoms with E-state index in [0.29, 0.717) is 24.9 Å². The maximum absolute atomic E-state index is 12.4. The molecule has 1 aromatic carbocycles. The van der Waals surface area contributed by atoms with Crippen LogP contribution in [0.1, 0.15) is 12.0 Å². The molecule has 0 bridgehead atoms. The summed E-state index contributed by atoms with van der Waals surface area (Å²) in [5.41, 5.74) is 0.912. The number of ether oxygens (including phenoxy) is 3. The molecule has 0 aliphatic carbocycles. The maximum Gasteiger partial charge on any atom is 0.224 e. The standard InChI is InChI=1S/C19H28N2O4/c1-23-18-5-3-2-4-15(18)12-19(22)20-13-17(16-6-9-25-14-16)21-7-10-24-11-8-21/h2-5,16-17H,6-14H2,1H3,(H,20,22)/t16-,17+/m1/s1. The number of carbonyl (C=O) groups is 1. The van der Waals surface area contributed by atoms with Gasteiger partial charge in [0, 0.05) is 43.8 Å². The van der Waals surface area contributed by atoms with Crippen molar-refractivity contribution < 1.29 is 19.0 Å². The monoisotopic (exact) mass is 348 g/mol. The molecule has 2 aliphatic heterocycles. The fourth-order valence-corrected chi connectivity index (χ4v) is 3.66. The molecule has 25 heavy (non-hydrogen) atoms. The first-order valence-corrected chi connectivity index (χ1v) is 9.06. The highest BCUT2D eigenvalue weighted by Crippen LogP contribution is 2.22. The van der Waals surface area contributed by atoms with Crippen LogP contribution < -0.4 is 10.1 Å². The Morgan fingerprint density at radius 1 is 1.28 bits per heavy atom. The predicted octanol–water partition coefficient (Wildman–Crippen LogP) is 1.09. The predicted molar refractivity (Wildman–Crippen MR) is 94.8 cm³/mol. The van der Waals surface area contributed by atoms with E-state index < -0.39 is 0 Å². The van der Waals surface area contributed by atoms with E-state index in [2.05, 4.69) is 10.2 Å². The first-order chi connectivity index (χ1) is 12.3. The SMILES string of the molecule is COc1ccccc1CC(=O)NC[C@@H]([C@@H]1CCOC1)N1CCOCC1. The van der Waals surface area contributed by atoms with Crippen LogP contribution in [0, 0.1) is 5.92 Å². The van der Waals surface area contributed by atoms with Gasteiger partial charge in [0.05, 0.1) is 33.4 Å². The molecule has 2 fully saturated rings. The van der Waals surface area contributed by atoms with Gasteiger partial charge in [-0.2, -0.15) is 0 Å². The fourth-order valence-electron chi connectivity index (χ4n) is 3.66. The van der Waals surface area contributed by atoms with Crippen molar-refractivity contribution in [3.05, 3.63) is 29.8 Å². The van der Waals surface area contributed by atoms with Gasteiger partial charge in [-0.3, -0.25) is 9.69 Å². The van der Waals surface area contributed by atoms with E-state index in [0.717, 1.165) is 57.3 Å². The van der Waals surface area contributed by atoms with Crippen LogP contribution in [0.4, 0.5) is 0 Å². The van der Waals surface area contributed by atoms with Gasteiger partial charge in [0.15, 0.2) is 0 Å². The van der Waals surface area contributed by atoms with Gasteiger partial charge < -0.3 is 19.5 Å². The van der Waals surface area contributed by atoms with Gasteiger partial charge in [-0.05, 0) is 12.5 Å². The van der Waals surface area contributed by atoms with Crippen molar-refractivity contribution in [2.24, 2.45) is 5.92 Å². The molecule has 1 N–H and O–H groups in total. The molecule has 0 radical (unpaired) electrons. The van der Waals surface area contributed by atoms with Crippen molar-refractivity contribution in [3.63, 3.8) is 0 Å². The number of rotatable bonds is 7. The van der Waals surface area contributed by atoms with Gasteiger partial charge in [-0.15, -0.1) is 0 Å². The van der Waals surface area contributed by atoms with Crippen LogP contribution in [-0.4, -0.2) is 70.0 Å². The van der Waals surface area contributed by atoms with Gasteiger partial charge in [0.1, 0.15) is 5.75 Å². The van der Waals surface area contributed by atoms with Crippen molar-refractivity contribution in [2.45, 2.75) is 18.9 Å². The van der Waals surface area contributed by atoms with Crippen molar-refractivity contribution >= 4 is 5.91 Å². The molecule has 0 spiro atoms. The van der Waals surface area contributed by atoms with Gasteiger partial charge in [0.25, 0.3) is 0 Å². The summed E-state index contributed by atoms with van der Waals surface area (Å²) in [5.74, 6) is 1.26. The van der Waals surface area contributed by atoms with Crippen LogP contribution in [0.2, 0.25) is 0 Å². The summed E-state index contributed by atoms with van der Waals surface area (Å²) in [5, 5.41) is 3.12. The van der Waals surface area contributed by atoms with E-state index in [1.165, 1.54) is 0 Å². The topological polar surface area (TPSA) is 60.0 Å². The third kappa shape index (κ3) is 4.93. The summed E-state index contributed by atoms with van der Waals surface area (Å²) in [6, 6.07) is 7.97. The number of carbonyl (C=O) groups excluding carboxylic acids is 1. The molecule has 6 heteroatoms. The third-order valence-corrected chi connectivity index (χ3v) is 5.08. The molecule has 0 aromatic heterocycles. The first-order valence-electron chi connectivity index (χ1n) is 9.06. The average Bonchev–Trinajstić information content (AvgIpc) is 3.18. The maximum atomic E-state index is 12.4. The second-order valence-electron chi connectivity index (χ2n) is 6.63. The summed E-state index contributed by atoms with van der Waals surface area (Å²) in [4.78, 5) is 14.9. The van der Waals surface area contributed by atoms with Crippen LogP contribution in [0.3, 0.4) is 0 Å². The molecule has 2 atom stereocenters. The molecule has 138 valence electrons. The minimum absolute atomic E-state index is 0.0293. The van der Waals surface area contributed by atoms with E-state index in [4.69, 9.17) is 14.2 Å². The number of hydrogen-bond donors (Lipinski definition) is 1. The van der Waals surface area contributed by atoms with Gasteiger partial charge in [0.2, 0.25) is 5.91 Å². The number of benzene rings is 1. The smallest absolute Gasteiger partial charge is 0.224 e. The summed E-state index contributed by atoms with van der Waals surface area (Å²) in [6.07, 6.45) is 1.39. The average molecular weight is 348 g/mol. The minimum Gasteiger partial charge on any atom is -0.496 e. The molecule has 2 aliphatic rings. The summed E-state index contributed by atoms with van der Waals surface area (Å²) < 4.78 is 16.4. The quantitative estimate of drug-likeness (QED) is 0.799. The highest BCUT2D eigenvalue weighted by Gasteiger charge is 2.31. The number of hydrogen-bond acceptors (Lipinski definition) is 5. The lowest BCUT2D eigenvalue weighted by Crippen LogP contribution is -2.52. The molecule has 2 saturated heterocycles. The zero-order valence-electron chi connectivity index (χ0n) is 14.9. The Bertz CT molecular complexity index is 554. The van der Waals surface area contributed by atoms with E-state index in [1.54, 1.807) is 7.11 Å². The van der Waals surface area contributed by atoms with Crippen LogP contribution >= 0.6 is 0 Å². The van der Waals surface area contributed by atoms with E-state index in [9.17, 15) is 4.79 Å². The first kappa shape index (κ1) is 18.2. The number of nitrogens with zero attached hydrogens (tertiary/aromatic N) is 1. The Kier molecular flexibility index (Phi) is 6.67. The highest BCUT2D eigenvalue weighted by molar-refractivity contribution is 5.79. The second kappa shape index (κ2) is 9.17. The number of para-hydroxylation sites is 1. The molecular formula is C19H28N2O4. The second-order valence-corrected chi connectivity index (χ2v) is 6.63. The highest BCUT2D eigenvalue weighted by atomic mass is 16.5. The molecule has 2 heterocycles. The Morgan fingerprint density at radius 3 is 2.80 bits per heavy atom. The molecule has 0 unspecified atom stereocenters. The summed E-state index contributed by atoms with van der Waals surface area (Å²) >= 11 is 0. The Labute approximate surface area is 149 Å². The lowest BCUT2D eigenvalue weighted by atomic mass is 9.96. The minimum atomic E-state index is 0.0293. The van der Waals surface area contributed by atoms with Crippen LogP contribution in [-0.2, 0) is 20.7 Å². The molecule has 1 amide bonds.